The molecule has 0 aliphatic rings. The Bertz CT molecular complexity index is 846. The minimum absolute atomic E-state index is 0.114. The minimum Gasteiger partial charge on any atom is -0.494 e. The van der Waals surface area contributed by atoms with E-state index in [-0.39, 0.29) is 30.5 Å². The van der Waals surface area contributed by atoms with Crippen molar-refractivity contribution in [1.29, 1.82) is 5.26 Å². The standard InChI is InChI=1S/C20H23N3O4S2/c1-3-26-17-8-6-16(7-9-17)23(11-5-10-21)18(24)14-29-20-22-15(13-28-20)12-19(25)27-4-2/h6-9,13H,3-5,11-12,14H2,1-2H3. The summed E-state index contributed by atoms with van der Waals surface area (Å²) in [6.07, 6.45) is 0.365. The average Bonchev–Trinajstić information content (AvgIpc) is 3.15. The number of esters is 1. The van der Waals surface area contributed by atoms with Crippen LogP contribution in [0.4, 0.5) is 5.69 Å². The van der Waals surface area contributed by atoms with Crippen molar-refractivity contribution in [2.75, 3.05) is 30.4 Å². The first-order valence-corrected chi connectivity index (χ1v) is 11.1. The SMILES string of the molecule is CCOC(=O)Cc1csc(SCC(=O)N(CCC#N)c2ccc(OCC)cc2)n1. The first-order chi connectivity index (χ1) is 14.1. The molecule has 0 aliphatic carbocycles. The number of benzene rings is 1. The molecule has 2 rings (SSSR count). The van der Waals surface area contributed by atoms with Gasteiger partial charge in [0.05, 0.1) is 43.6 Å². The summed E-state index contributed by atoms with van der Waals surface area (Å²) in [5, 5.41) is 10.7. The molecule has 154 valence electrons. The second-order valence-corrected chi connectivity index (χ2v) is 7.84. The van der Waals surface area contributed by atoms with Gasteiger partial charge in [0.1, 0.15) is 5.75 Å². The van der Waals surface area contributed by atoms with Gasteiger partial charge in [-0.25, -0.2) is 4.98 Å². The molecule has 2 aromatic rings. The van der Waals surface area contributed by atoms with Gasteiger partial charge in [-0.3, -0.25) is 9.59 Å². The Kier molecular flexibility index (Phi) is 9.47. The van der Waals surface area contributed by atoms with E-state index in [0.717, 1.165) is 11.4 Å². The highest BCUT2D eigenvalue weighted by atomic mass is 32.2. The highest BCUT2D eigenvalue weighted by Gasteiger charge is 2.17. The smallest absolute Gasteiger partial charge is 0.311 e. The molecule has 0 aliphatic heterocycles. The lowest BCUT2D eigenvalue weighted by Crippen LogP contribution is -2.33. The number of nitriles is 1. The van der Waals surface area contributed by atoms with Crippen molar-refractivity contribution in [2.24, 2.45) is 0 Å². The third kappa shape index (κ3) is 7.40. The summed E-state index contributed by atoms with van der Waals surface area (Å²) in [5.74, 6) is 0.487. The van der Waals surface area contributed by atoms with Crippen molar-refractivity contribution in [3.63, 3.8) is 0 Å². The first kappa shape index (κ1) is 22.7. The zero-order valence-corrected chi connectivity index (χ0v) is 18.1. The molecule has 29 heavy (non-hydrogen) atoms. The van der Waals surface area contributed by atoms with Gasteiger partial charge in [-0.15, -0.1) is 11.3 Å². The summed E-state index contributed by atoms with van der Waals surface area (Å²) < 4.78 is 11.1. The largest absolute Gasteiger partial charge is 0.494 e. The second-order valence-electron chi connectivity index (χ2n) is 5.76. The molecule has 1 aromatic carbocycles. The zero-order valence-electron chi connectivity index (χ0n) is 16.4. The van der Waals surface area contributed by atoms with Gasteiger partial charge < -0.3 is 14.4 Å². The van der Waals surface area contributed by atoms with Crippen LogP contribution in [0.5, 0.6) is 5.75 Å². The maximum atomic E-state index is 12.8. The van der Waals surface area contributed by atoms with E-state index >= 15 is 0 Å². The summed E-state index contributed by atoms with van der Waals surface area (Å²) in [6, 6.07) is 9.32. The van der Waals surface area contributed by atoms with E-state index in [9.17, 15) is 9.59 Å². The van der Waals surface area contributed by atoms with Gasteiger partial charge in [-0.05, 0) is 38.1 Å². The summed E-state index contributed by atoms with van der Waals surface area (Å²) in [4.78, 5) is 30.3. The molecule has 1 amide bonds. The van der Waals surface area contributed by atoms with Gasteiger partial charge in [-0.2, -0.15) is 5.26 Å². The van der Waals surface area contributed by atoms with Crippen LogP contribution in [0.3, 0.4) is 0 Å². The minimum atomic E-state index is -0.316. The average molecular weight is 434 g/mol. The molecule has 0 spiro atoms. The maximum Gasteiger partial charge on any atom is 0.311 e. The topological polar surface area (TPSA) is 92.5 Å². The number of carbonyl (C=O) groups excluding carboxylic acids is 2. The Morgan fingerprint density at radius 3 is 2.66 bits per heavy atom. The molecule has 0 N–H and O–H groups in total. The Morgan fingerprint density at radius 2 is 2.00 bits per heavy atom. The van der Waals surface area contributed by atoms with E-state index in [2.05, 4.69) is 11.1 Å². The third-order valence-corrected chi connectivity index (χ3v) is 5.74. The molecule has 0 unspecified atom stereocenters. The molecular weight excluding hydrogens is 410 g/mol. The van der Waals surface area contributed by atoms with E-state index in [1.54, 1.807) is 29.3 Å². The van der Waals surface area contributed by atoms with Crippen LogP contribution in [0.2, 0.25) is 0 Å². The summed E-state index contributed by atoms with van der Waals surface area (Å²) in [7, 11) is 0. The summed E-state index contributed by atoms with van der Waals surface area (Å²) in [6.45, 7) is 4.89. The fourth-order valence-electron chi connectivity index (χ4n) is 2.45. The number of hydrogen-bond donors (Lipinski definition) is 0. The van der Waals surface area contributed by atoms with Crippen LogP contribution in [0.25, 0.3) is 0 Å². The van der Waals surface area contributed by atoms with Crippen LogP contribution >= 0.6 is 23.1 Å². The van der Waals surface area contributed by atoms with Crippen molar-refractivity contribution in [3.05, 3.63) is 35.3 Å². The predicted octanol–water partition coefficient (Wildman–Crippen LogP) is 3.69. The number of hydrogen-bond acceptors (Lipinski definition) is 8. The summed E-state index contributed by atoms with van der Waals surface area (Å²) >= 11 is 2.70. The van der Waals surface area contributed by atoms with Crippen molar-refractivity contribution in [1.82, 2.24) is 4.98 Å². The van der Waals surface area contributed by atoms with Gasteiger partial charge in [0.15, 0.2) is 4.34 Å². The van der Waals surface area contributed by atoms with Crippen LogP contribution in [0.1, 0.15) is 26.0 Å². The van der Waals surface area contributed by atoms with Gasteiger partial charge in [0.25, 0.3) is 0 Å². The maximum absolute atomic E-state index is 12.8. The number of anilines is 1. The molecule has 0 saturated heterocycles. The Morgan fingerprint density at radius 1 is 1.24 bits per heavy atom. The van der Waals surface area contributed by atoms with Crippen LogP contribution in [0.15, 0.2) is 34.0 Å². The normalized spacial score (nSPS) is 10.2. The fourth-order valence-corrected chi connectivity index (χ4v) is 4.17. The molecule has 0 bridgehead atoms. The molecule has 0 saturated carbocycles. The van der Waals surface area contributed by atoms with Crippen LogP contribution in [-0.2, 0) is 20.7 Å². The number of amides is 1. The number of aromatic nitrogens is 1. The van der Waals surface area contributed by atoms with Gasteiger partial charge in [0, 0.05) is 17.6 Å². The number of thioether (sulfide) groups is 1. The highest BCUT2D eigenvalue weighted by molar-refractivity contribution is 8.01. The molecule has 0 radical (unpaired) electrons. The van der Waals surface area contributed by atoms with E-state index in [1.807, 2.05) is 19.1 Å². The number of ether oxygens (including phenoxy) is 2. The van der Waals surface area contributed by atoms with Gasteiger partial charge in [0.2, 0.25) is 5.91 Å². The Hall–Kier alpha value is -2.57. The Balaban J connectivity index is 1.98. The summed E-state index contributed by atoms with van der Waals surface area (Å²) in [5.41, 5.74) is 1.35. The third-order valence-electron chi connectivity index (χ3n) is 3.69. The number of rotatable bonds is 11. The number of carbonyl (C=O) groups is 2. The lowest BCUT2D eigenvalue weighted by atomic mass is 10.2. The molecular formula is C20H23N3O4S2. The van der Waals surface area contributed by atoms with Gasteiger partial charge in [-0.1, -0.05) is 11.8 Å². The number of nitrogens with zero attached hydrogens (tertiary/aromatic N) is 3. The monoisotopic (exact) mass is 433 g/mol. The molecule has 7 nitrogen and oxygen atoms in total. The fraction of sp³-hybridized carbons (Fsp3) is 0.400. The van der Waals surface area contributed by atoms with E-state index < -0.39 is 0 Å². The molecule has 0 atom stereocenters. The Labute approximate surface area is 178 Å². The van der Waals surface area contributed by atoms with Gasteiger partial charge >= 0.3 is 5.97 Å². The number of thiazole rings is 1. The first-order valence-electron chi connectivity index (χ1n) is 9.20. The highest BCUT2D eigenvalue weighted by Crippen LogP contribution is 2.25. The van der Waals surface area contributed by atoms with Crippen LogP contribution in [0, 0.1) is 11.3 Å². The second kappa shape index (κ2) is 12.1. The van der Waals surface area contributed by atoms with Crippen LogP contribution in [-0.4, -0.2) is 42.4 Å². The molecule has 0 fully saturated rings. The molecule has 1 aromatic heterocycles. The van der Waals surface area contributed by atoms with E-state index in [0.29, 0.717) is 29.8 Å². The zero-order chi connectivity index (χ0) is 21.1. The molecule has 1 heterocycles. The van der Waals surface area contributed by atoms with E-state index in [4.69, 9.17) is 14.7 Å². The predicted molar refractivity (Wildman–Crippen MR) is 113 cm³/mol. The van der Waals surface area contributed by atoms with Crippen LogP contribution < -0.4 is 9.64 Å². The van der Waals surface area contributed by atoms with Crippen molar-refractivity contribution < 1.29 is 19.1 Å². The molecule has 9 heteroatoms. The van der Waals surface area contributed by atoms with Crippen molar-refractivity contribution in [2.45, 2.75) is 31.0 Å². The van der Waals surface area contributed by atoms with E-state index in [1.165, 1.54) is 23.1 Å². The van der Waals surface area contributed by atoms with Crippen molar-refractivity contribution in [3.8, 4) is 11.8 Å². The van der Waals surface area contributed by atoms with Crippen molar-refractivity contribution >= 4 is 40.7 Å². The lowest BCUT2D eigenvalue weighted by Gasteiger charge is -2.21. The quantitative estimate of drug-likeness (QED) is 0.394. The lowest BCUT2D eigenvalue weighted by molar-refractivity contribution is -0.142.